The minimum Gasteiger partial charge on any atom is -0.496 e. The van der Waals surface area contributed by atoms with E-state index >= 15 is 0 Å². The van der Waals surface area contributed by atoms with Gasteiger partial charge in [-0.15, -0.1) is 0 Å². The fourth-order valence-electron chi connectivity index (χ4n) is 1.98. The summed E-state index contributed by atoms with van der Waals surface area (Å²) in [5, 5.41) is 9.92. The van der Waals surface area contributed by atoms with Crippen LogP contribution in [0, 0.1) is 0 Å². The number of para-hydroxylation sites is 1. The third-order valence-corrected chi connectivity index (χ3v) is 2.95. The van der Waals surface area contributed by atoms with Gasteiger partial charge in [-0.1, -0.05) is 24.3 Å². The van der Waals surface area contributed by atoms with Crippen LogP contribution in [-0.2, 0) is 17.8 Å². The Morgan fingerprint density at radius 2 is 2.05 bits per heavy atom. The van der Waals surface area contributed by atoms with Crippen LogP contribution in [0.3, 0.4) is 0 Å². The van der Waals surface area contributed by atoms with Gasteiger partial charge in [0.2, 0.25) is 0 Å². The van der Waals surface area contributed by atoms with Crippen LogP contribution in [0.4, 0.5) is 0 Å². The summed E-state index contributed by atoms with van der Waals surface area (Å²) < 4.78 is 10.8. The van der Waals surface area contributed by atoms with Crippen molar-refractivity contribution in [2.75, 3.05) is 13.7 Å². The number of ether oxygens (including phenoxy) is 2. The van der Waals surface area contributed by atoms with E-state index in [0.29, 0.717) is 13.0 Å². The van der Waals surface area contributed by atoms with Crippen molar-refractivity contribution in [3.63, 3.8) is 0 Å². The topological polar surface area (TPSA) is 51.6 Å². The summed E-state index contributed by atoms with van der Waals surface area (Å²) in [6.07, 6.45) is 3.48. The molecule has 1 heterocycles. The van der Waals surface area contributed by atoms with E-state index in [4.69, 9.17) is 9.47 Å². The summed E-state index contributed by atoms with van der Waals surface area (Å²) in [5.74, 6) is 0.800. The largest absolute Gasteiger partial charge is 0.496 e. The Morgan fingerprint density at radius 1 is 1.20 bits per heavy atom. The van der Waals surface area contributed by atoms with Crippen molar-refractivity contribution >= 4 is 0 Å². The predicted octanol–water partition coefficient (Wildman–Crippen LogP) is 2.21. The van der Waals surface area contributed by atoms with Crippen LogP contribution >= 0.6 is 0 Å². The van der Waals surface area contributed by atoms with Gasteiger partial charge in [0.25, 0.3) is 0 Å². The average Bonchev–Trinajstić information content (AvgIpc) is 2.49. The van der Waals surface area contributed by atoms with Gasteiger partial charge in [0, 0.05) is 24.4 Å². The smallest absolute Gasteiger partial charge is 0.124 e. The fraction of sp³-hybridized carbons (Fsp3) is 0.312. The second-order valence-electron chi connectivity index (χ2n) is 4.55. The first-order valence-corrected chi connectivity index (χ1v) is 6.56. The van der Waals surface area contributed by atoms with Crippen LogP contribution in [0.15, 0.2) is 48.8 Å². The highest BCUT2D eigenvalue weighted by atomic mass is 16.5. The van der Waals surface area contributed by atoms with E-state index in [1.807, 2.05) is 36.4 Å². The van der Waals surface area contributed by atoms with Crippen LogP contribution in [0.1, 0.15) is 11.1 Å². The van der Waals surface area contributed by atoms with E-state index in [0.717, 1.165) is 16.9 Å². The molecule has 4 nitrogen and oxygen atoms in total. The molecule has 0 radical (unpaired) electrons. The van der Waals surface area contributed by atoms with E-state index < -0.39 is 6.10 Å². The lowest BCUT2D eigenvalue weighted by Crippen LogP contribution is -2.18. The van der Waals surface area contributed by atoms with Crippen molar-refractivity contribution < 1.29 is 14.6 Å². The molecule has 0 saturated carbocycles. The lowest BCUT2D eigenvalue weighted by molar-refractivity contribution is 0.0281. The minimum absolute atomic E-state index is 0.285. The van der Waals surface area contributed by atoms with E-state index in [2.05, 4.69) is 4.98 Å². The van der Waals surface area contributed by atoms with E-state index in [-0.39, 0.29) is 6.61 Å². The van der Waals surface area contributed by atoms with Crippen molar-refractivity contribution in [2.24, 2.45) is 0 Å². The normalized spacial score (nSPS) is 12.1. The zero-order chi connectivity index (χ0) is 14.2. The van der Waals surface area contributed by atoms with Gasteiger partial charge >= 0.3 is 0 Å². The summed E-state index contributed by atoms with van der Waals surface area (Å²) in [6, 6.07) is 11.5. The standard InChI is InChI=1S/C16H19NO3/c1-19-16-7-3-2-6-14(16)11-20-12-15(18)9-13-5-4-8-17-10-13/h2-8,10,15,18H,9,11-12H2,1H3. The number of rotatable bonds is 7. The quantitative estimate of drug-likeness (QED) is 0.840. The summed E-state index contributed by atoms with van der Waals surface area (Å²) in [6.45, 7) is 0.709. The van der Waals surface area contributed by atoms with Crippen molar-refractivity contribution in [3.05, 3.63) is 59.9 Å². The molecule has 1 aromatic carbocycles. The molecule has 1 N–H and O–H groups in total. The Morgan fingerprint density at radius 3 is 2.80 bits per heavy atom. The molecule has 20 heavy (non-hydrogen) atoms. The first kappa shape index (κ1) is 14.5. The molecule has 0 fully saturated rings. The maximum Gasteiger partial charge on any atom is 0.124 e. The van der Waals surface area contributed by atoms with Crippen molar-refractivity contribution in [1.29, 1.82) is 0 Å². The molecule has 1 atom stereocenters. The average molecular weight is 273 g/mol. The summed E-state index contributed by atoms with van der Waals surface area (Å²) in [4.78, 5) is 4.02. The number of hydrogen-bond acceptors (Lipinski definition) is 4. The number of pyridine rings is 1. The maximum absolute atomic E-state index is 9.92. The molecule has 2 rings (SSSR count). The molecule has 2 aromatic rings. The van der Waals surface area contributed by atoms with Gasteiger partial charge in [0.05, 0.1) is 26.4 Å². The number of aliphatic hydroxyl groups is 1. The summed E-state index contributed by atoms with van der Waals surface area (Å²) in [5.41, 5.74) is 1.98. The van der Waals surface area contributed by atoms with Crippen molar-refractivity contribution in [2.45, 2.75) is 19.1 Å². The van der Waals surface area contributed by atoms with Gasteiger partial charge in [-0.05, 0) is 17.7 Å². The van der Waals surface area contributed by atoms with Crippen molar-refractivity contribution in [1.82, 2.24) is 4.98 Å². The van der Waals surface area contributed by atoms with Crippen LogP contribution in [0.25, 0.3) is 0 Å². The van der Waals surface area contributed by atoms with Gasteiger partial charge in [0.1, 0.15) is 5.75 Å². The molecule has 0 spiro atoms. The van der Waals surface area contributed by atoms with Gasteiger partial charge in [-0.3, -0.25) is 4.98 Å². The third-order valence-electron chi connectivity index (χ3n) is 2.95. The van der Waals surface area contributed by atoms with E-state index in [9.17, 15) is 5.11 Å². The number of nitrogens with zero attached hydrogens (tertiary/aromatic N) is 1. The molecule has 0 saturated heterocycles. The summed E-state index contributed by atoms with van der Waals surface area (Å²) in [7, 11) is 1.64. The number of aliphatic hydroxyl groups excluding tert-OH is 1. The minimum atomic E-state index is -0.533. The SMILES string of the molecule is COc1ccccc1COCC(O)Cc1cccnc1. The zero-order valence-corrected chi connectivity index (χ0v) is 11.5. The molecule has 0 aliphatic rings. The highest BCUT2D eigenvalue weighted by Crippen LogP contribution is 2.18. The Labute approximate surface area is 119 Å². The number of aromatic nitrogens is 1. The molecule has 1 aromatic heterocycles. The molecular weight excluding hydrogens is 254 g/mol. The monoisotopic (exact) mass is 273 g/mol. The van der Waals surface area contributed by atoms with Crippen LogP contribution in [-0.4, -0.2) is 29.9 Å². The molecule has 0 aliphatic heterocycles. The Balaban J connectivity index is 1.78. The molecular formula is C16H19NO3. The lowest BCUT2D eigenvalue weighted by atomic mass is 10.1. The van der Waals surface area contributed by atoms with Crippen molar-refractivity contribution in [3.8, 4) is 5.75 Å². The predicted molar refractivity (Wildman–Crippen MR) is 76.6 cm³/mol. The fourth-order valence-corrected chi connectivity index (χ4v) is 1.98. The second kappa shape index (κ2) is 7.62. The molecule has 0 bridgehead atoms. The number of benzene rings is 1. The maximum atomic E-state index is 9.92. The molecule has 0 amide bonds. The van der Waals surface area contributed by atoms with Gasteiger partial charge < -0.3 is 14.6 Å². The Kier molecular flexibility index (Phi) is 5.53. The van der Waals surface area contributed by atoms with E-state index in [1.165, 1.54) is 0 Å². The zero-order valence-electron chi connectivity index (χ0n) is 11.5. The van der Waals surface area contributed by atoms with Crippen LogP contribution in [0.5, 0.6) is 5.75 Å². The Bertz CT molecular complexity index is 516. The van der Waals surface area contributed by atoms with Gasteiger partial charge in [-0.2, -0.15) is 0 Å². The van der Waals surface area contributed by atoms with E-state index in [1.54, 1.807) is 19.5 Å². The summed E-state index contributed by atoms with van der Waals surface area (Å²) >= 11 is 0. The highest BCUT2D eigenvalue weighted by molar-refractivity contribution is 5.32. The molecule has 1 unspecified atom stereocenters. The van der Waals surface area contributed by atoms with Crippen LogP contribution < -0.4 is 4.74 Å². The first-order chi connectivity index (χ1) is 9.79. The molecule has 4 heteroatoms. The first-order valence-electron chi connectivity index (χ1n) is 6.56. The highest BCUT2D eigenvalue weighted by Gasteiger charge is 2.07. The van der Waals surface area contributed by atoms with Gasteiger partial charge in [0.15, 0.2) is 0 Å². The Hall–Kier alpha value is -1.91. The van der Waals surface area contributed by atoms with Crippen LogP contribution in [0.2, 0.25) is 0 Å². The second-order valence-corrected chi connectivity index (χ2v) is 4.55. The number of hydrogen-bond donors (Lipinski definition) is 1. The lowest BCUT2D eigenvalue weighted by Gasteiger charge is -2.12. The third kappa shape index (κ3) is 4.33. The molecule has 106 valence electrons. The van der Waals surface area contributed by atoms with Gasteiger partial charge in [-0.25, -0.2) is 0 Å². The number of methoxy groups -OCH3 is 1. The molecule has 0 aliphatic carbocycles.